The number of anilines is 2. The van der Waals surface area contributed by atoms with Crippen LogP contribution in [0.1, 0.15) is 18.4 Å². The van der Waals surface area contributed by atoms with Crippen LogP contribution in [0.4, 0.5) is 11.4 Å². The van der Waals surface area contributed by atoms with Crippen molar-refractivity contribution in [3.05, 3.63) is 47.0 Å². The Kier molecular flexibility index (Phi) is 6.60. The average Bonchev–Trinajstić information content (AvgIpc) is 2.90. The Labute approximate surface area is 168 Å². The minimum absolute atomic E-state index is 0.155. The zero-order chi connectivity index (χ0) is 19.9. The molecular formula is C20H23ClN4O3. The maximum atomic E-state index is 12.1. The lowest BCUT2D eigenvalue weighted by molar-refractivity contribution is -0.116. The van der Waals surface area contributed by atoms with Crippen LogP contribution in [-0.2, 0) is 4.79 Å². The highest BCUT2D eigenvalue weighted by Crippen LogP contribution is 2.32. The number of halogens is 1. The molecule has 7 nitrogen and oxygen atoms in total. The molecule has 8 heteroatoms. The standard InChI is InChI=1S/C20H23ClN4O3/c1-13-15(21)4-2-5-16(13)25-19(26)8-9-23-20(22)24-14-6-7-17-18(12-14)28-11-3-10-27-17/h2,4-7,12H,3,8-11H2,1H3,(H,25,26)(H3,22,23,24). The molecule has 2 aromatic rings. The van der Waals surface area contributed by atoms with Gasteiger partial charge in [-0.25, -0.2) is 0 Å². The summed E-state index contributed by atoms with van der Waals surface area (Å²) in [6, 6.07) is 10.9. The van der Waals surface area contributed by atoms with E-state index in [0.717, 1.165) is 17.7 Å². The Balaban J connectivity index is 1.51. The van der Waals surface area contributed by atoms with Gasteiger partial charge in [-0.2, -0.15) is 0 Å². The molecule has 0 bridgehead atoms. The molecule has 0 spiro atoms. The fourth-order valence-electron chi connectivity index (χ4n) is 2.66. The van der Waals surface area contributed by atoms with Crippen LogP contribution in [-0.4, -0.2) is 31.6 Å². The summed E-state index contributed by atoms with van der Waals surface area (Å²) in [4.78, 5) is 16.3. The SMILES string of the molecule is Cc1c(Cl)cccc1NC(=O)CCN=C(N)Nc1ccc2c(c1)OCCCO2. The quantitative estimate of drug-likeness (QED) is 0.524. The van der Waals surface area contributed by atoms with Crippen LogP contribution >= 0.6 is 11.6 Å². The van der Waals surface area contributed by atoms with Gasteiger partial charge in [0.15, 0.2) is 17.5 Å². The number of rotatable bonds is 5. The fourth-order valence-corrected chi connectivity index (χ4v) is 2.84. The number of carbonyl (C=O) groups excluding carboxylic acids is 1. The zero-order valence-corrected chi connectivity index (χ0v) is 16.4. The number of hydrogen-bond donors (Lipinski definition) is 3. The van der Waals surface area contributed by atoms with Crippen LogP contribution in [0.5, 0.6) is 11.5 Å². The van der Waals surface area contributed by atoms with Crippen molar-refractivity contribution >= 4 is 34.8 Å². The van der Waals surface area contributed by atoms with Gasteiger partial charge in [-0.3, -0.25) is 9.79 Å². The van der Waals surface area contributed by atoms with E-state index in [1.165, 1.54) is 0 Å². The van der Waals surface area contributed by atoms with Crippen molar-refractivity contribution in [1.82, 2.24) is 0 Å². The minimum Gasteiger partial charge on any atom is -0.490 e. The number of guanidine groups is 1. The first kappa shape index (κ1) is 19.8. The molecule has 1 amide bonds. The molecule has 4 N–H and O–H groups in total. The Morgan fingerprint density at radius 1 is 1.18 bits per heavy atom. The second-order valence-corrected chi connectivity index (χ2v) is 6.72. The van der Waals surface area contributed by atoms with E-state index in [9.17, 15) is 4.79 Å². The second-order valence-electron chi connectivity index (χ2n) is 6.31. The third-order valence-corrected chi connectivity index (χ3v) is 4.59. The highest BCUT2D eigenvalue weighted by Gasteiger charge is 2.11. The first-order valence-corrected chi connectivity index (χ1v) is 9.42. The van der Waals surface area contributed by atoms with E-state index in [1.54, 1.807) is 12.1 Å². The number of benzene rings is 2. The van der Waals surface area contributed by atoms with Crippen molar-refractivity contribution in [1.29, 1.82) is 0 Å². The summed E-state index contributed by atoms with van der Waals surface area (Å²) in [6.07, 6.45) is 1.05. The molecule has 3 rings (SSSR count). The van der Waals surface area contributed by atoms with Crippen LogP contribution in [0.15, 0.2) is 41.4 Å². The van der Waals surface area contributed by atoms with E-state index in [0.29, 0.717) is 35.4 Å². The molecule has 0 atom stereocenters. The molecule has 1 aliphatic heterocycles. The topological polar surface area (TPSA) is 98.0 Å². The van der Waals surface area contributed by atoms with Gasteiger partial charge in [0.05, 0.1) is 19.8 Å². The van der Waals surface area contributed by atoms with Crippen molar-refractivity contribution in [2.45, 2.75) is 19.8 Å². The number of hydrogen-bond acceptors (Lipinski definition) is 4. The molecule has 0 aliphatic carbocycles. The monoisotopic (exact) mass is 402 g/mol. The van der Waals surface area contributed by atoms with Crippen LogP contribution in [0.3, 0.4) is 0 Å². The lowest BCUT2D eigenvalue weighted by Gasteiger charge is -2.11. The number of carbonyl (C=O) groups is 1. The number of nitrogens with one attached hydrogen (secondary N) is 2. The molecule has 0 unspecified atom stereocenters. The maximum absolute atomic E-state index is 12.1. The van der Waals surface area contributed by atoms with Crippen LogP contribution in [0.25, 0.3) is 0 Å². The average molecular weight is 403 g/mol. The van der Waals surface area contributed by atoms with Gasteiger partial charge in [0, 0.05) is 35.3 Å². The Hall–Kier alpha value is -2.93. The van der Waals surface area contributed by atoms with E-state index in [1.807, 2.05) is 31.2 Å². The zero-order valence-electron chi connectivity index (χ0n) is 15.6. The predicted octanol–water partition coefficient (Wildman–Crippen LogP) is 3.57. The Morgan fingerprint density at radius 2 is 1.96 bits per heavy atom. The summed E-state index contributed by atoms with van der Waals surface area (Å²) < 4.78 is 11.2. The third kappa shape index (κ3) is 5.29. The molecule has 0 saturated carbocycles. The number of aliphatic imine (C=N–C) groups is 1. The van der Waals surface area contributed by atoms with Gasteiger partial charge in [-0.05, 0) is 36.8 Å². The van der Waals surface area contributed by atoms with E-state index in [4.69, 9.17) is 26.8 Å². The fraction of sp³-hybridized carbons (Fsp3) is 0.300. The van der Waals surface area contributed by atoms with E-state index in [2.05, 4.69) is 15.6 Å². The summed E-state index contributed by atoms with van der Waals surface area (Å²) in [5, 5.41) is 6.44. The molecule has 2 aromatic carbocycles. The van der Waals surface area contributed by atoms with Gasteiger partial charge in [-0.15, -0.1) is 0 Å². The number of nitrogens with two attached hydrogens (primary N) is 1. The third-order valence-electron chi connectivity index (χ3n) is 4.18. The van der Waals surface area contributed by atoms with Crippen molar-refractivity contribution in [3.8, 4) is 11.5 Å². The van der Waals surface area contributed by atoms with Crippen molar-refractivity contribution in [2.75, 3.05) is 30.4 Å². The largest absolute Gasteiger partial charge is 0.490 e. The maximum Gasteiger partial charge on any atom is 0.226 e. The first-order valence-electron chi connectivity index (χ1n) is 9.04. The second kappa shape index (κ2) is 9.32. The lowest BCUT2D eigenvalue weighted by Crippen LogP contribution is -2.23. The highest BCUT2D eigenvalue weighted by molar-refractivity contribution is 6.31. The molecule has 1 aliphatic rings. The number of amides is 1. The first-order chi connectivity index (χ1) is 13.5. The molecule has 28 heavy (non-hydrogen) atoms. The van der Waals surface area contributed by atoms with Gasteiger partial charge in [0.25, 0.3) is 0 Å². The number of ether oxygens (including phenoxy) is 2. The van der Waals surface area contributed by atoms with Crippen molar-refractivity contribution in [2.24, 2.45) is 10.7 Å². The van der Waals surface area contributed by atoms with Gasteiger partial charge < -0.3 is 25.8 Å². The molecule has 0 saturated heterocycles. The Morgan fingerprint density at radius 3 is 2.79 bits per heavy atom. The predicted molar refractivity (Wildman–Crippen MR) is 112 cm³/mol. The van der Waals surface area contributed by atoms with Gasteiger partial charge >= 0.3 is 0 Å². The minimum atomic E-state index is -0.155. The summed E-state index contributed by atoms with van der Waals surface area (Å²) in [6.45, 7) is 3.36. The summed E-state index contributed by atoms with van der Waals surface area (Å²) in [7, 11) is 0. The van der Waals surface area contributed by atoms with Gasteiger partial charge in [0.2, 0.25) is 5.91 Å². The normalized spacial score (nSPS) is 13.6. The molecule has 0 fully saturated rings. The molecule has 148 valence electrons. The highest BCUT2D eigenvalue weighted by atomic mass is 35.5. The van der Waals surface area contributed by atoms with Crippen LogP contribution < -0.4 is 25.8 Å². The van der Waals surface area contributed by atoms with E-state index >= 15 is 0 Å². The lowest BCUT2D eigenvalue weighted by atomic mass is 10.2. The summed E-state index contributed by atoms with van der Waals surface area (Å²) in [5.74, 6) is 1.46. The smallest absolute Gasteiger partial charge is 0.226 e. The number of fused-ring (bicyclic) bond motifs is 1. The molecule has 0 aromatic heterocycles. The Bertz CT molecular complexity index is 886. The molecular weight excluding hydrogens is 380 g/mol. The number of nitrogens with zero attached hydrogens (tertiary/aromatic N) is 1. The van der Waals surface area contributed by atoms with Crippen molar-refractivity contribution in [3.63, 3.8) is 0 Å². The molecule has 0 radical (unpaired) electrons. The van der Waals surface area contributed by atoms with E-state index in [-0.39, 0.29) is 24.8 Å². The van der Waals surface area contributed by atoms with Crippen LogP contribution in [0, 0.1) is 6.92 Å². The van der Waals surface area contributed by atoms with E-state index < -0.39 is 0 Å². The van der Waals surface area contributed by atoms with Gasteiger partial charge in [-0.1, -0.05) is 17.7 Å². The van der Waals surface area contributed by atoms with Crippen LogP contribution in [0.2, 0.25) is 5.02 Å². The summed E-state index contributed by atoms with van der Waals surface area (Å²) >= 11 is 6.06. The summed E-state index contributed by atoms with van der Waals surface area (Å²) in [5.41, 5.74) is 8.18. The van der Waals surface area contributed by atoms with Crippen molar-refractivity contribution < 1.29 is 14.3 Å². The molecule has 1 heterocycles. The van der Waals surface area contributed by atoms with Gasteiger partial charge in [0.1, 0.15) is 0 Å².